The molecule has 25 heavy (non-hydrogen) atoms. The summed E-state index contributed by atoms with van der Waals surface area (Å²) in [7, 11) is 0. The van der Waals surface area contributed by atoms with E-state index in [1.165, 1.54) is 31.2 Å². The van der Waals surface area contributed by atoms with E-state index in [4.69, 9.17) is 21.1 Å². The maximum absolute atomic E-state index is 6.15. The van der Waals surface area contributed by atoms with Gasteiger partial charge in [-0.1, -0.05) is 56.9 Å². The Hall–Kier alpha value is -1.41. The van der Waals surface area contributed by atoms with Crippen LogP contribution in [0.4, 0.5) is 0 Å². The smallest absolute Gasteiger partial charge is 0.130 e. The second-order valence-corrected chi connectivity index (χ2v) is 6.73. The summed E-state index contributed by atoms with van der Waals surface area (Å²) in [4.78, 5) is 0. The lowest BCUT2D eigenvalue weighted by Gasteiger charge is -2.16. The van der Waals surface area contributed by atoms with Crippen molar-refractivity contribution in [3.05, 3.63) is 35.9 Å². The van der Waals surface area contributed by atoms with Gasteiger partial charge in [0, 0.05) is 16.7 Å². The molecule has 0 saturated heterocycles. The second-order valence-electron chi connectivity index (χ2n) is 6.35. The van der Waals surface area contributed by atoms with Crippen molar-refractivity contribution in [3.8, 4) is 11.5 Å². The van der Waals surface area contributed by atoms with E-state index in [0.29, 0.717) is 6.61 Å². The molecule has 0 aromatic heterocycles. The monoisotopic (exact) mass is 362 g/mol. The van der Waals surface area contributed by atoms with Crippen LogP contribution in [-0.2, 0) is 6.42 Å². The maximum atomic E-state index is 6.15. The van der Waals surface area contributed by atoms with Crippen LogP contribution in [0.3, 0.4) is 0 Å². The fourth-order valence-corrected chi connectivity index (χ4v) is 3.34. The summed E-state index contributed by atoms with van der Waals surface area (Å²) in [5.74, 6) is 2.78. The van der Waals surface area contributed by atoms with Gasteiger partial charge in [0.05, 0.1) is 13.2 Å². The van der Waals surface area contributed by atoms with Crippen LogP contribution >= 0.6 is 11.6 Å². The van der Waals surface area contributed by atoms with Crippen LogP contribution in [0.1, 0.15) is 57.9 Å². The van der Waals surface area contributed by atoms with Gasteiger partial charge in [0.15, 0.2) is 0 Å². The first-order valence-electron chi connectivity index (χ1n) is 9.68. The predicted octanol–water partition coefficient (Wildman–Crippen LogP) is 6.76. The lowest BCUT2D eigenvalue weighted by Crippen LogP contribution is -2.02. The number of benzene rings is 2. The summed E-state index contributed by atoms with van der Waals surface area (Å²) < 4.78 is 12.1. The molecule has 138 valence electrons. The van der Waals surface area contributed by atoms with Crippen molar-refractivity contribution in [1.82, 2.24) is 0 Å². The van der Waals surface area contributed by atoms with Crippen molar-refractivity contribution >= 4 is 22.4 Å². The van der Waals surface area contributed by atoms with Gasteiger partial charge in [-0.05, 0) is 37.8 Å². The van der Waals surface area contributed by atoms with E-state index in [2.05, 4.69) is 37.3 Å². The van der Waals surface area contributed by atoms with E-state index >= 15 is 0 Å². The number of hydrogen-bond donors (Lipinski definition) is 0. The summed E-state index contributed by atoms with van der Waals surface area (Å²) in [5.41, 5.74) is 1.22. The number of fused-ring (bicyclic) bond motifs is 1. The molecule has 0 amide bonds. The molecule has 0 saturated carbocycles. The molecule has 0 spiro atoms. The van der Waals surface area contributed by atoms with Crippen molar-refractivity contribution in [2.45, 2.75) is 58.8 Å². The molecule has 0 unspecified atom stereocenters. The maximum Gasteiger partial charge on any atom is 0.130 e. The van der Waals surface area contributed by atoms with Crippen molar-refractivity contribution in [2.24, 2.45) is 0 Å². The van der Waals surface area contributed by atoms with Crippen LogP contribution < -0.4 is 9.47 Å². The summed E-state index contributed by atoms with van der Waals surface area (Å²) >= 11 is 5.71. The van der Waals surface area contributed by atoms with E-state index < -0.39 is 0 Å². The first kappa shape index (κ1) is 19.9. The molecule has 0 heterocycles. The topological polar surface area (TPSA) is 18.5 Å². The first-order valence-corrected chi connectivity index (χ1v) is 10.2. The number of unbranched alkanes of at least 4 members (excludes halogenated alkanes) is 5. The van der Waals surface area contributed by atoms with Crippen LogP contribution in [0.15, 0.2) is 30.3 Å². The average Bonchev–Trinajstić information content (AvgIpc) is 2.65. The lowest BCUT2D eigenvalue weighted by molar-refractivity contribution is 0.306. The normalized spacial score (nSPS) is 11.0. The Balaban J connectivity index is 2.00. The van der Waals surface area contributed by atoms with Gasteiger partial charge < -0.3 is 9.47 Å². The van der Waals surface area contributed by atoms with Crippen molar-refractivity contribution in [3.63, 3.8) is 0 Å². The molecule has 0 N–H and O–H groups in total. The first-order chi connectivity index (χ1) is 12.3. The molecule has 2 aromatic carbocycles. The Morgan fingerprint density at radius 3 is 2.20 bits per heavy atom. The summed E-state index contributed by atoms with van der Waals surface area (Å²) in [5, 5.41) is 2.30. The van der Waals surface area contributed by atoms with Crippen LogP contribution in [0.2, 0.25) is 0 Å². The van der Waals surface area contributed by atoms with Gasteiger partial charge in [-0.3, -0.25) is 0 Å². The van der Waals surface area contributed by atoms with Crippen LogP contribution in [0.5, 0.6) is 11.5 Å². The molecule has 3 heteroatoms. The predicted molar refractivity (Wildman–Crippen MR) is 108 cm³/mol. The zero-order chi connectivity index (χ0) is 17.9. The number of aryl methyl sites for hydroxylation is 1. The van der Waals surface area contributed by atoms with Gasteiger partial charge in [-0.25, -0.2) is 0 Å². The number of halogens is 1. The molecule has 0 atom stereocenters. The number of alkyl halides is 1. The van der Waals surface area contributed by atoms with Crippen molar-refractivity contribution in [1.29, 1.82) is 0 Å². The van der Waals surface area contributed by atoms with Crippen LogP contribution in [0.25, 0.3) is 10.8 Å². The van der Waals surface area contributed by atoms with Gasteiger partial charge in [0.1, 0.15) is 11.5 Å². The van der Waals surface area contributed by atoms with Crippen LogP contribution in [-0.4, -0.2) is 19.1 Å². The van der Waals surface area contributed by atoms with Gasteiger partial charge in [-0.15, -0.1) is 11.6 Å². The Morgan fingerprint density at radius 2 is 1.52 bits per heavy atom. The lowest BCUT2D eigenvalue weighted by atomic mass is 10.0. The van der Waals surface area contributed by atoms with E-state index in [9.17, 15) is 0 Å². The Labute approximate surface area is 157 Å². The third kappa shape index (κ3) is 5.81. The van der Waals surface area contributed by atoms with Gasteiger partial charge in [0.25, 0.3) is 0 Å². The SMILES string of the molecule is CCOc1c(CC)cc(OCCCCCCCCCl)c2ccccc12. The highest BCUT2D eigenvalue weighted by molar-refractivity contribution is 6.17. The van der Waals surface area contributed by atoms with E-state index in [-0.39, 0.29) is 0 Å². The number of rotatable bonds is 12. The van der Waals surface area contributed by atoms with E-state index in [0.717, 1.165) is 54.0 Å². The van der Waals surface area contributed by atoms with Gasteiger partial charge >= 0.3 is 0 Å². The van der Waals surface area contributed by atoms with Gasteiger partial charge in [-0.2, -0.15) is 0 Å². The highest BCUT2D eigenvalue weighted by Crippen LogP contribution is 2.37. The molecular weight excluding hydrogens is 332 g/mol. The molecule has 2 rings (SSSR count). The van der Waals surface area contributed by atoms with E-state index in [1.54, 1.807) is 0 Å². The van der Waals surface area contributed by atoms with Crippen molar-refractivity contribution in [2.75, 3.05) is 19.1 Å². The average molecular weight is 363 g/mol. The molecular formula is C22H31ClO2. The zero-order valence-electron chi connectivity index (χ0n) is 15.7. The largest absolute Gasteiger partial charge is 0.493 e. The van der Waals surface area contributed by atoms with E-state index in [1.807, 2.05) is 6.92 Å². The molecule has 2 nitrogen and oxygen atoms in total. The van der Waals surface area contributed by atoms with Crippen molar-refractivity contribution < 1.29 is 9.47 Å². The molecule has 2 aromatic rings. The summed E-state index contributed by atoms with van der Waals surface area (Å²) in [6.45, 7) is 5.65. The number of hydrogen-bond acceptors (Lipinski definition) is 2. The minimum atomic E-state index is 0.681. The quantitative estimate of drug-likeness (QED) is 0.306. The second kappa shape index (κ2) is 11.3. The fraction of sp³-hybridized carbons (Fsp3) is 0.545. The highest BCUT2D eigenvalue weighted by atomic mass is 35.5. The third-order valence-corrected chi connectivity index (χ3v) is 4.76. The Bertz CT molecular complexity index is 639. The minimum Gasteiger partial charge on any atom is -0.493 e. The summed E-state index contributed by atoms with van der Waals surface area (Å²) in [6, 6.07) is 10.5. The van der Waals surface area contributed by atoms with Gasteiger partial charge in [0.2, 0.25) is 0 Å². The summed E-state index contributed by atoms with van der Waals surface area (Å²) in [6.07, 6.45) is 8.19. The molecule has 0 aliphatic heterocycles. The Kier molecular flexibility index (Phi) is 8.96. The standard InChI is InChI=1S/C22H31ClO2/c1-3-18-17-21(25-16-12-8-6-5-7-11-15-23)19-13-9-10-14-20(19)22(18)24-4-2/h9-10,13-14,17H,3-8,11-12,15-16H2,1-2H3. The molecule has 0 aliphatic rings. The minimum absolute atomic E-state index is 0.681. The molecule has 0 fully saturated rings. The number of ether oxygens (including phenoxy) is 2. The molecule has 0 aliphatic carbocycles. The third-order valence-electron chi connectivity index (χ3n) is 4.49. The molecule has 0 bridgehead atoms. The highest BCUT2D eigenvalue weighted by Gasteiger charge is 2.12. The molecule has 0 radical (unpaired) electrons. The Morgan fingerprint density at radius 1 is 0.840 bits per heavy atom. The fourth-order valence-electron chi connectivity index (χ4n) is 3.15. The zero-order valence-corrected chi connectivity index (χ0v) is 16.4. The van der Waals surface area contributed by atoms with Crippen LogP contribution in [0, 0.1) is 0 Å².